The van der Waals surface area contributed by atoms with Gasteiger partial charge >= 0.3 is 0 Å². The lowest BCUT2D eigenvalue weighted by Crippen LogP contribution is -2.14. The monoisotopic (exact) mass is 322 g/mol. The second-order valence-corrected chi connectivity index (χ2v) is 6.29. The molecule has 0 fully saturated rings. The molecule has 3 aromatic carbocycles. The van der Waals surface area contributed by atoms with Gasteiger partial charge in [0, 0.05) is 22.5 Å². The Morgan fingerprint density at radius 3 is 2.52 bits per heavy atom. The van der Waals surface area contributed by atoms with Crippen LogP contribution in [0.2, 0.25) is 0 Å². The molecule has 4 heteroatoms. The summed E-state index contributed by atoms with van der Waals surface area (Å²) in [5, 5.41) is 5.19. The van der Waals surface area contributed by atoms with Gasteiger partial charge in [0.25, 0.3) is 0 Å². The fourth-order valence-corrected chi connectivity index (χ4v) is 3.18. The molecule has 0 aliphatic heterocycles. The Morgan fingerprint density at radius 1 is 0.957 bits per heavy atom. The van der Waals surface area contributed by atoms with Gasteiger partial charge in [-0.15, -0.1) is 11.8 Å². The maximum atomic E-state index is 12.1. The van der Waals surface area contributed by atoms with Gasteiger partial charge in [0.05, 0.1) is 5.75 Å². The summed E-state index contributed by atoms with van der Waals surface area (Å²) in [6, 6.07) is 21.7. The quantitative estimate of drug-likeness (QED) is 0.689. The van der Waals surface area contributed by atoms with Crippen LogP contribution in [0.5, 0.6) is 0 Å². The number of thioether (sulfide) groups is 1. The fraction of sp³-hybridized carbons (Fsp3) is 0.105. The summed E-state index contributed by atoms with van der Waals surface area (Å²) in [5.74, 6) is 1.23. The van der Waals surface area contributed by atoms with Gasteiger partial charge in [0.2, 0.25) is 5.91 Å². The minimum absolute atomic E-state index is 0.0156. The Bertz CT molecular complexity index is 810. The van der Waals surface area contributed by atoms with E-state index in [0.717, 1.165) is 27.9 Å². The molecule has 1 amide bonds. The van der Waals surface area contributed by atoms with Crippen LogP contribution < -0.4 is 11.1 Å². The molecule has 0 atom stereocenters. The molecule has 116 valence electrons. The fourth-order valence-electron chi connectivity index (χ4n) is 2.40. The van der Waals surface area contributed by atoms with E-state index in [1.54, 1.807) is 11.8 Å². The molecule has 3 aromatic rings. The molecule has 0 bridgehead atoms. The smallest absolute Gasteiger partial charge is 0.234 e. The van der Waals surface area contributed by atoms with Gasteiger partial charge in [-0.3, -0.25) is 4.79 Å². The van der Waals surface area contributed by atoms with E-state index >= 15 is 0 Å². The molecular weight excluding hydrogens is 304 g/mol. The highest BCUT2D eigenvalue weighted by Crippen LogP contribution is 2.23. The van der Waals surface area contributed by atoms with Crippen molar-refractivity contribution in [2.24, 2.45) is 0 Å². The number of nitrogen functional groups attached to an aromatic ring is 1. The van der Waals surface area contributed by atoms with Gasteiger partial charge in [0.1, 0.15) is 0 Å². The van der Waals surface area contributed by atoms with Crippen molar-refractivity contribution in [3.8, 4) is 0 Å². The van der Waals surface area contributed by atoms with Crippen LogP contribution in [0.25, 0.3) is 10.8 Å². The maximum Gasteiger partial charge on any atom is 0.234 e. The van der Waals surface area contributed by atoms with E-state index in [2.05, 4.69) is 5.32 Å². The number of amides is 1. The van der Waals surface area contributed by atoms with Crippen LogP contribution in [-0.2, 0) is 10.5 Å². The summed E-state index contributed by atoms with van der Waals surface area (Å²) < 4.78 is 0. The predicted octanol–water partition coefficient (Wildman–Crippen LogP) is 4.29. The van der Waals surface area contributed by atoms with E-state index < -0.39 is 0 Å². The molecule has 23 heavy (non-hydrogen) atoms. The van der Waals surface area contributed by atoms with Crippen molar-refractivity contribution in [3.05, 3.63) is 72.3 Å². The Labute approximate surface area is 139 Å². The second-order valence-electron chi connectivity index (χ2n) is 5.31. The third-order valence-electron chi connectivity index (χ3n) is 3.55. The lowest BCUT2D eigenvalue weighted by atomic mass is 10.1. The number of nitrogens with one attached hydrogen (secondary N) is 1. The number of rotatable bonds is 5. The largest absolute Gasteiger partial charge is 0.399 e. The van der Waals surface area contributed by atoms with Crippen LogP contribution in [0.3, 0.4) is 0 Å². The standard InChI is InChI=1S/C19H18N2OS/c20-16-10-8-14(9-11-16)12-23-13-19(22)21-18-7-3-5-15-4-1-2-6-17(15)18/h1-11H,12-13,20H2,(H,21,22). The molecule has 3 N–H and O–H groups in total. The molecule has 0 aromatic heterocycles. The van der Waals surface area contributed by atoms with Crippen LogP contribution >= 0.6 is 11.8 Å². The number of hydrogen-bond acceptors (Lipinski definition) is 3. The lowest BCUT2D eigenvalue weighted by molar-refractivity contribution is -0.113. The summed E-state index contributed by atoms with van der Waals surface area (Å²) >= 11 is 1.59. The number of fused-ring (bicyclic) bond motifs is 1. The van der Waals surface area contributed by atoms with Gasteiger partial charge in [-0.1, -0.05) is 48.5 Å². The van der Waals surface area contributed by atoms with Crippen LogP contribution in [-0.4, -0.2) is 11.7 Å². The zero-order chi connectivity index (χ0) is 16.1. The molecule has 3 rings (SSSR count). The maximum absolute atomic E-state index is 12.1. The molecule has 0 aliphatic rings. The first-order valence-corrected chi connectivity index (χ1v) is 8.57. The summed E-state index contributed by atoms with van der Waals surface area (Å²) in [7, 11) is 0. The number of benzene rings is 3. The Balaban J connectivity index is 1.57. The highest BCUT2D eigenvalue weighted by molar-refractivity contribution is 7.99. The first kappa shape index (κ1) is 15.4. The van der Waals surface area contributed by atoms with E-state index in [4.69, 9.17) is 5.73 Å². The van der Waals surface area contributed by atoms with Gasteiger partial charge in [-0.25, -0.2) is 0 Å². The molecule has 0 saturated carbocycles. The SMILES string of the molecule is Nc1ccc(CSCC(=O)Nc2cccc3ccccc23)cc1. The van der Waals surface area contributed by atoms with Crippen LogP contribution in [0, 0.1) is 0 Å². The molecule has 0 aliphatic carbocycles. The van der Waals surface area contributed by atoms with E-state index in [-0.39, 0.29) is 5.91 Å². The predicted molar refractivity (Wildman–Crippen MR) is 99.6 cm³/mol. The Morgan fingerprint density at radius 2 is 1.70 bits per heavy atom. The van der Waals surface area contributed by atoms with Crippen molar-refractivity contribution >= 4 is 39.8 Å². The number of nitrogens with two attached hydrogens (primary N) is 1. The van der Waals surface area contributed by atoms with E-state index in [1.807, 2.05) is 66.7 Å². The average Bonchev–Trinajstić information content (AvgIpc) is 2.57. The number of carbonyl (C=O) groups excluding carboxylic acids is 1. The molecular formula is C19H18N2OS. The number of carbonyl (C=O) groups is 1. The van der Waals surface area contributed by atoms with E-state index in [1.165, 1.54) is 5.56 Å². The molecule has 0 radical (unpaired) electrons. The van der Waals surface area contributed by atoms with Gasteiger partial charge in [-0.2, -0.15) is 0 Å². The minimum Gasteiger partial charge on any atom is -0.399 e. The summed E-state index contributed by atoms with van der Waals surface area (Å²) in [5.41, 5.74) is 8.45. The van der Waals surface area contributed by atoms with Crippen molar-refractivity contribution in [1.29, 1.82) is 0 Å². The zero-order valence-electron chi connectivity index (χ0n) is 12.7. The van der Waals surface area contributed by atoms with Gasteiger partial charge in [0.15, 0.2) is 0 Å². The summed E-state index contributed by atoms with van der Waals surface area (Å²) in [6.45, 7) is 0. The Kier molecular flexibility index (Phi) is 4.83. The van der Waals surface area contributed by atoms with Crippen molar-refractivity contribution in [2.45, 2.75) is 5.75 Å². The van der Waals surface area contributed by atoms with Crippen LogP contribution in [0.4, 0.5) is 11.4 Å². The Hall–Kier alpha value is -2.46. The van der Waals surface area contributed by atoms with Crippen molar-refractivity contribution in [1.82, 2.24) is 0 Å². The third kappa shape index (κ3) is 4.05. The summed E-state index contributed by atoms with van der Waals surface area (Å²) in [4.78, 5) is 12.1. The summed E-state index contributed by atoms with van der Waals surface area (Å²) in [6.07, 6.45) is 0. The zero-order valence-corrected chi connectivity index (χ0v) is 13.5. The van der Waals surface area contributed by atoms with Gasteiger partial charge in [-0.05, 0) is 29.1 Å². The average molecular weight is 322 g/mol. The number of hydrogen-bond donors (Lipinski definition) is 2. The lowest BCUT2D eigenvalue weighted by Gasteiger charge is -2.08. The molecule has 0 saturated heterocycles. The minimum atomic E-state index is 0.0156. The van der Waals surface area contributed by atoms with E-state index in [0.29, 0.717) is 5.75 Å². The van der Waals surface area contributed by atoms with Crippen molar-refractivity contribution in [2.75, 3.05) is 16.8 Å². The molecule has 3 nitrogen and oxygen atoms in total. The first-order valence-electron chi connectivity index (χ1n) is 7.42. The second kappa shape index (κ2) is 7.20. The van der Waals surface area contributed by atoms with Crippen molar-refractivity contribution < 1.29 is 4.79 Å². The van der Waals surface area contributed by atoms with Gasteiger partial charge < -0.3 is 11.1 Å². The van der Waals surface area contributed by atoms with Crippen LogP contribution in [0.1, 0.15) is 5.56 Å². The van der Waals surface area contributed by atoms with Crippen molar-refractivity contribution in [3.63, 3.8) is 0 Å². The molecule has 0 heterocycles. The third-order valence-corrected chi connectivity index (χ3v) is 4.55. The topological polar surface area (TPSA) is 55.1 Å². The van der Waals surface area contributed by atoms with E-state index in [9.17, 15) is 4.79 Å². The molecule has 0 unspecified atom stereocenters. The normalized spacial score (nSPS) is 10.6. The highest BCUT2D eigenvalue weighted by Gasteiger charge is 2.06. The van der Waals surface area contributed by atoms with Crippen LogP contribution in [0.15, 0.2) is 66.7 Å². The number of anilines is 2. The first-order chi connectivity index (χ1) is 11.2. The molecule has 0 spiro atoms. The highest BCUT2D eigenvalue weighted by atomic mass is 32.2.